The number of fused-ring (bicyclic) bond motifs is 4. The number of aromatic nitrogens is 2. The summed E-state index contributed by atoms with van der Waals surface area (Å²) in [7, 11) is 0. The van der Waals surface area contributed by atoms with Gasteiger partial charge < -0.3 is 0 Å². The predicted molar refractivity (Wildman–Crippen MR) is 190 cm³/mol. The summed E-state index contributed by atoms with van der Waals surface area (Å²) in [6, 6.07) is 52.5. The summed E-state index contributed by atoms with van der Waals surface area (Å²) in [6.45, 7) is 0. The van der Waals surface area contributed by atoms with E-state index in [9.17, 15) is 0 Å². The molecule has 1 aliphatic rings. The maximum Gasteiger partial charge on any atom is 0.145 e. The van der Waals surface area contributed by atoms with Crippen LogP contribution in [0.2, 0.25) is 0 Å². The molecule has 9 rings (SSSR count). The summed E-state index contributed by atoms with van der Waals surface area (Å²) < 4.78 is 2.28. The number of allylic oxidation sites excluding steroid dienone is 1. The second-order valence-corrected chi connectivity index (χ2v) is 11.9. The Balaban J connectivity index is 1.24. The van der Waals surface area contributed by atoms with E-state index >= 15 is 0 Å². The van der Waals surface area contributed by atoms with Gasteiger partial charge >= 0.3 is 0 Å². The number of nitrogens with zero attached hydrogens (tertiary/aromatic N) is 2. The smallest absolute Gasteiger partial charge is 0.145 e. The first-order valence-electron chi connectivity index (χ1n) is 15.7. The molecule has 0 atom stereocenters. The molecule has 0 saturated carbocycles. The molecular formula is C43H30N2. The molecule has 212 valence electrons. The predicted octanol–water partition coefficient (Wildman–Crippen LogP) is 11.3. The van der Waals surface area contributed by atoms with Crippen molar-refractivity contribution in [2.24, 2.45) is 0 Å². The SMILES string of the molecule is C1=Cc2c(c(-c3ccc4ccccc4c3)c3ccccc3c2-c2ccc(-n3c(-c4ccccc4)nc4ccccc43)cc2)CC1. The molecule has 1 aliphatic carbocycles. The minimum atomic E-state index is 0.954. The fourth-order valence-electron chi connectivity index (χ4n) is 7.22. The van der Waals surface area contributed by atoms with Gasteiger partial charge in [-0.25, -0.2) is 4.98 Å². The van der Waals surface area contributed by atoms with Gasteiger partial charge in [0.05, 0.1) is 11.0 Å². The van der Waals surface area contributed by atoms with Crippen molar-refractivity contribution in [2.75, 3.05) is 0 Å². The van der Waals surface area contributed by atoms with Crippen LogP contribution in [-0.4, -0.2) is 9.55 Å². The van der Waals surface area contributed by atoms with Crippen molar-refractivity contribution in [1.29, 1.82) is 0 Å². The van der Waals surface area contributed by atoms with Crippen molar-refractivity contribution in [2.45, 2.75) is 12.8 Å². The molecule has 0 fully saturated rings. The first kappa shape index (κ1) is 25.7. The molecule has 0 amide bonds. The summed E-state index contributed by atoms with van der Waals surface area (Å²) >= 11 is 0. The Morgan fingerprint density at radius 1 is 0.533 bits per heavy atom. The highest BCUT2D eigenvalue weighted by atomic mass is 15.1. The van der Waals surface area contributed by atoms with Gasteiger partial charge in [-0.1, -0.05) is 127 Å². The number of hydrogen-bond acceptors (Lipinski definition) is 1. The van der Waals surface area contributed by atoms with Gasteiger partial charge in [0.25, 0.3) is 0 Å². The van der Waals surface area contributed by atoms with E-state index in [-0.39, 0.29) is 0 Å². The van der Waals surface area contributed by atoms with Crippen molar-refractivity contribution in [1.82, 2.24) is 9.55 Å². The molecule has 7 aromatic carbocycles. The maximum absolute atomic E-state index is 5.05. The van der Waals surface area contributed by atoms with Crippen LogP contribution < -0.4 is 0 Å². The lowest BCUT2D eigenvalue weighted by Gasteiger charge is -2.24. The average Bonchev–Trinajstić information content (AvgIpc) is 3.51. The molecule has 0 N–H and O–H groups in total. The van der Waals surface area contributed by atoms with Gasteiger partial charge in [0.1, 0.15) is 5.82 Å². The van der Waals surface area contributed by atoms with E-state index in [0.29, 0.717) is 0 Å². The Kier molecular flexibility index (Phi) is 5.99. The van der Waals surface area contributed by atoms with Crippen LogP contribution in [0.5, 0.6) is 0 Å². The Bertz CT molecular complexity index is 2410. The van der Waals surface area contributed by atoms with Crippen molar-refractivity contribution in [3.8, 4) is 39.3 Å². The standard InChI is InChI=1S/C43H30N2/c1-2-13-31(14-3-1)43-44-39-20-10-11-21-40(39)45(43)34-26-24-30(25-27-34)41-35-16-6-8-18-37(35)42(38-19-9-7-17-36(38)41)33-23-22-29-12-4-5-15-32(29)28-33/h1-8,10-18,20-28H,9,19H2. The zero-order valence-electron chi connectivity index (χ0n) is 24.8. The second kappa shape index (κ2) is 10.5. The topological polar surface area (TPSA) is 17.8 Å². The lowest BCUT2D eigenvalue weighted by molar-refractivity contribution is 0.991. The molecule has 0 saturated heterocycles. The quantitative estimate of drug-likeness (QED) is 0.204. The molecule has 0 radical (unpaired) electrons. The lowest BCUT2D eigenvalue weighted by Crippen LogP contribution is -2.03. The van der Waals surface area contributed by atoms with E-state index in [1.165, 1.54) is 54.9 Å². The van der Waals surface area contributed by atoms with Crippen molar-refractivity contribution < 1.29 is 0 Å². The Labute approximate surface area is 262 Å². The molecule has 0 unspecified atom stereocenters. The molecule has 45 heavy (non-hydrogen) atoms. The van der Waals surface area contributed by atoms with Crippen LogP contribution in [0.4, 0.5) is 0 Å². The van der Waals surface area contributed by atoms with Crippen LogP contribution >= 0.6 is 0 Å². The van der Waals surface area contributed by atoms with E-state index in [1.807, 2.05) is 0 Å². The van der Waals surface area contributed by atoms with Gasteiger partial charge in [0.2, 0.25) is 0 Å². The summed E-state index contributed by atoms with van der Waals surface area (Å²) in [5.74, 6) is 0.954. The third-order valence-corrected chi connectivity index (χ3v) is 9.25. The van der Waals surface area contributed by atoms with Crippen molar-refractivity contribution >= 4 is 38.7 Å². The molecule has 2 nitrogen and oxygen atoms in total. The molecular weight excluding hydrogens is 544 g/mol. The fraction of sp³-hybridized carbons (Fsp3) is 0.0465. The highest BCUT2D eigenvalue weighted by Gasteiger charge is 2.22. The average molecular weight is 575 g/mol. The van der Waals surface area contributed by atoms with Crippen molar-refractivity contribution in [3.63, 3.8) is 0 Å². The first-order chi connectivity index (χ1) is 22.3. The first-order valence-corrected chi connectivity index (χ1v) is 15.7. The zero-order valence-corrected chi connectivity index (χ0v) is 24.8. The molecule has 0 aliphatic heterocycles. The maximum atomic E-state index is 5.05. The summed E-state index contributed by atoms with van der Waals surface area (Å²) in [5.41, 5.74) is 12.3. The van der Waals surface area contributed by atoms with E-state index in [0.717, 1.165) is 41.0 Å². The van der Waals surface area contributed by atoms with E-state index < -0.39 is 0 Å². The number of imidazole rings is 1. The van der Waals surface area contributed by atoms with Gasteiger partial charge in [-0.2, -0.15) is 0 Å². The summed E-state index contributed by atoms with van der Waals surface area (Å²) in [6.07, 6.45) is 6.78. The Morgan fingerprint density at radius 2 is 1.22 bits per heavy atom. The number of rotatable bonds is 4. The van der Waals surface area contributed by atoms with Gasteiger partial charge in [0, 0.05) is 11.3 Å². The van der Waals surface area contributed by atoms with Crippen LogP contribution in [-0.2, 0) is 6.42 Å². The lowest BCUT2D eigenvalue weighted by atomic mass is 9.80. The molecule has 0 spiro atoms. The number of hydrogen-bond donors (Lipinski definition) is 0. The third kappa shape index (κ3) is 4.22. The minimum absolute atomic E-state index is 0.954. The summed E-state index contributed by atoms with van der Waals surface area (Å²) in [4.78, 5) is 5.05. The van der Waals surface area contributed by atoms with Crippen molar-refractivity contribution in [3.05, 3.63) is 163 Å². The normalized spacial score (nSPS) is 12.6. The van der Waals surface area contributed by atoms with Crippen LogP contribution in [0.3, 0.4) is 0 Å². The molecule has 0 bridgehead atoms. The molecule has 1 heterocycles. The zero-order chi connectivity index (χ0) is 29.7. The fourth-order valence-corrected chi connectivity index (χ4v) is 7.22. The number of benzene rings is 7. The van der Waals surface area contributed by atoms with Crippen LogP contribution in [0.1, 0.15) is 17.5 Å². The van der Waals surface area contributed by atoms with Crippen LogP contribution in [0, 0.1) is 0 Å². The summed E-state index contributed by atoms with van der Waals surface area (Å²) in [5, 5.41) is 5.16. The van der Waals surface area contributed by atoms with Crippen LogP contribution in [0.15, 0.2) is 152 Å². The highest BCUT2D eigenvalue weighted by molar-refractivity contribution is 6.10. The van der Waals surface area contributed by atoms with E-state index in [1.54, 1.807) is 0 Å². The molecule has 8 aromatic rings. The largest absolute Gasteiger partial charge is 0.292 e. The Morgan fingerprint density at radius 3 is 2.07 bits per heavy atom. The number of para-hydroxylation sites is 2. The van der Waals surface area contributed by atoms with E-state index in [4.69, 9.17) is 4.98 Å². The van der Waals surface area contributed by atoms with Gasteiger partial charge in [-0.05, 0) is 98.1 Å². The van der Waals surface area contributed by atoms with E-state index in [2.05, 4.69) is 162 Å². The minimum Gasteiger partial charge on any atom is -0.292 e. The Hall–Kier alpha value is -5.73. The second-order valence-electron chi connectivity index (χ2n) is 11.9. The van der Waals surface area contributed by atoms with Crippen LogP contribution in [0.25, 0.3) is 78.0 Å². The molecule has 2 heteroatoms. The monoisotopic (exact) mass is 574 g/mol. The van der Waals surface area contributed by atoms with Gasteiger partial charge in [-0.3, -0.25) is 4.57 Å². The third-order valence-electron chi connectivity index (χ3n) is 9.25. The van der Waals surface area contributed by atoms with Gasteiger partial charge in [-0.15, -0.1) is 0 Å². The molecule has 1 aromatic heterocycles. The highest BCUT2D eigenvalue weighted by Crippen LogP contribution is 2.45. The van der Waals surface area contributed by atoms with Gasteiger partial charge in [0.15, 0.2) is 0 Å².